The first kappa shape index (κ1) is 19.8. The molecular weight excluding hydrogens is 448 g/mol. The fraction of sp³-hybridized carbons (Fsp3) is 0. The van der Waals surface area contributed by atoms with Crippen molar-refractivity contribution in [1.29, 1.82) is 0 Å². The van der Waals surface area contributed by atoms with E-state index >= 15 is 0 Å². The van der Waals surface area contributed by atoms with E-state index in [1.54, 1.807) is 0 Å². The van der Waals surface area contributed by atoms with Crippen molar-refractivity contribution in [3.05, 3.63) is 132 Å². The summed E-state index contributed by atoms with van der Waals surface area (Å²) in [7, 11) is -2.62. The van der Waals surface area contributed by atoms with Gasteiger partial charge in [0, 0.05) is 5.02 Å². The van der Waals surface area contributed by atoms with E-state index in [1.807, 2.05) is 0 Å². The van der Waals surface area contributed by atoms with Gasteiger partial charge in [-0.1, -0.05) is 127 Å². The molecule has 1 aliphatic heterocycles. The maximum atomic E-state index is 6.73. The van der Waals surface area contributed by atoms with E-state index in [0.29, 0.717) is 0 Å². The second-order valence-electron chi connectivity index (χ2n) is 9.01. The van der Waals surface area contributed by atoms with Crippen LogP contribution < -0.4 is 20.7 Å². The van der Waals surface area contributed by atoms with Gasteiger partial charge in [0.15, 0.2) is 8.07 Å². The van der Waals surface area contributed by atoms with Crippen molar-refractivity contribution in [3.63, 3.8) is 0 Å². The van der Waals surface area contributed by atoms with Crippen molar-refractivity contribution in [2.45, 2.75) is 0 Å². The summed E-state index contributed by atoms with van der Waals surface area (Å²) >= 11 is 6.73. The fourth-order valence-corrected chi connectivity index (χ4v) is 11.8. The van der Waals surface area contributed by atoms with Gasteiger partial charge in [0.25, 0.3) is 0 Å². The van der Waals surface area contributed by atoms with Crippen molar-refractivity contribution in [3.8, 4) is 11.1 Å². The molecule has 0 radical (unpaired) electrons. The molecule has 0 bridgehead atoms. The highest BCUT2D eigenvalue weighted by atomic mass is 35.5. The second-order valence-corrected chi connectivity index (χ2v) is 13.1. The van der Waals surface area contributed by atoms with Crippen LogP contribution in [0.5, 0.6) is 0 Å². The Labute approximate surface area is 205 Å². The van der Waals surface area contributed by atoms with E-state index in [0.717, 1.165) is 5.02 Å². The lowest BCUT2D eigenvalue weighted by molar-refractivity contribution is 1.70. The summed E-state index contributed by atoms with van der Waals surface area (Å²) in [5.74, 6) is 0. The van der Waals surface area contributed by atoms with Crippen LogP contribution in [0.3, 0.4) is 0 Å². The molecule has 0 amide bonds. The smallest absolute Gasteiger partial charge is 0.0843 e. The lowest BCUT2D eigenvalue weighted by Crippen LogP contribution is -2.73. The SMILES string of the molecule is Clc1ccc2c(c1)[Si](c1ccccc1)(c1ccccc1)c1c-2c2ccccc2c2ccccc12. The minimum Gasteiger partial charge on any atom is -0.0843 e. The molecule has 0 saturated carbocycles. The van der Waals surface area contributed by atoms with Crippen molar-refractivity contribution in [2.75, 3.05) is 0 Å². The van der Waals surface area contributed by atoms with E-state index in [1.165, 1.54) is 53.4 Å². The molecule has 0 aliphatic carbocycles. The van der Waals surface area contributed by atoms with E-state index < -0.39 is 8.07 Å². The molecular formula is C32H21ClSi. The van der Waals surface area contributed by atoms with E-state index in [9.17, 15) is 0 Å². The number of hydrogen-bond donors (Lipinski definition) is 0. The predicted octanol–water partition coefficient (Wildman–Crippen LogP) is 6.00. The average Bonchev–Trinajstić information content (AvgIpc) is 3.21. The Morgan fingerprint density at radius 2 is 0.971 bits per heavy atom. The van der Waals surface area contributed by atoms with E-state index in [4.69, 9.17) is 11.6 Å². The Kier molecular flexibility index (Phi) is 4.32. The number of hydrogen-bond acceptors (Lipinski definition) is 0. The summed E-state index contributed by atoms with van der Waals surface area (Å²) in [5.41, 5.74) is 2.70. The molecule has 0 saturated heterocycles. The number of rotatable bonds is 2. The Morgan fingerprint density at radius 1 is 0.471 bits per heavy atom. The van der Waals surface area contributed by atoms with Gasteiger partial charge >= 0.3 is 0 Å². The summed E-state index contributed by atoms with van der Waals surface area (Å²) in [5, 5.41) is 11.7. The zero-order chi connectivity index (χ0) is 22.7. The molecule has 1 heterocycles. The molecule has 34 heavy (non-hydrogen) atoms. The third kappa shape index (κ3) is 2.54. The van der Waals surface area contributed by atoms with Gasteiger partial charge in [-0.05, 0) is 65.6 Å². The van der Waals surface area contributed by atoms with Crippen molar-refractivity contribution < 1.29 is 0 Å². The van der Waals surface area contributed by atoms with Crippen LogP contribution in [0.2, 0.25) is 5.02 Å². The Hall–Kier alpha value is -3.65. The van der Waals surface area contributed by atoms with Crippen molar-refractivity contribution >= 4 is 62.0 Å². The molecule has 6 aromatic carbocycles. The molecule has 2 heteroatoms. The monoisotopic (exact) mass is 468 g/mol. The average molecular weight is 469 g/mol. The van der Waals surface area contributed by atoms with Crippen LogP contribution in [0.1, 0.15) is 0 Å². The third-order valence-electron chi connectivity index (χ3n) is 7.38. The molecule has 160 valence electrons. The van der Waals surface area contributed by atoms with Gasteiger partial charge in [-0.15, -0.1) is 0 Å². The van der Waals surface area contributed by atoms with Crippen LogP contribution in [0.15, 0.2) is 127 Å². The maximum Gasteiger partial charge on any atom is 0.181 e. The third-order valence-corrected chi connectivity index (χ3v) is 12.5. The van der Waals surface area contributed by atoms with Gasteiger partial charge in [-0.3, -0.25) is 0 Å². The predicted molar refractivity (Wildman–Crippen MR) is 149 cm³/mol. The van der Waals surface area contributed by atoms with E-state index in [-0.39, 0.29) is 0 Å². The molecule has 0 spiro atoms. The van der Waals surface area contributed by atoms with Gasteiger partial charge in [0.1, 0.15) is 0 Å². The minimum atomic E-state index is -2.62. The van der Waals surface area contributed by atoms with Gasteiger partial charge in [-0.25, -0.2) is 0 Å². The van der Waals surface area contributed by atoms with Crippen molar-refractivity contribution in [1.82, 2.24) is 0 Å². The zero-order valence-corrected chi connectivity index (χ0v) is 20.3. The minimum absolute atomic E-state index is 0.795. The first-order valence-corrected chi connectivity index (χ1v) is 14.0. The van der Waals surface area contributed by atoms with Crippen LogP contribution >= 0.6 is 11.6 Å². The molecule has 0 atom stereocenters. The molecule has 0 unspecified atom stereocenters. The van der Waals surface area contributed by atoms with Crippen LogP contribution in [-0.4, -0.2) is 8.07 Å². The van der Waals surface area contributed by atoms with Gasteiger partial charge in [0.2, 0.25) is 0 Å². The first-order chi connectivity index (χ1) is 16.8. The number of halogens is 1. The summed E-state index contributed by atoms with van der Waals surface area (Å²) in [6, 6.07) is 46.6. The normalized spacial score (nSPS) is 13.7. The molecule has 0 aromatic heterocycles. The lowest BCUT2D eigenvalue weighted by Gasteiger charge is -2.32. The van der Waals surface area contributed by atoms with Crippen LogP contribution in [0.25, 0.3) is 32.7 Å². The highest BCUT2D eigenvalue weighted by Gasteiger charge is 2.50. The number of benzene rings is 6. The Morgan fingerprint density at radius 3 is 1.59 bits per heavy atom. The highest BCUT2D eigenvalue weighted by molar-refractivity contribution is 7.23. The van der Waals surface area contributed by atoms with Gasteiger partial charge in [0.05, 0.1) is 0 Å². The lowest BCUT2D eigenvalue weighted by atomic mass is 9.93. The molecule has 0 nitrogen and oxygen atoms in total. The highest BCUT2D eigenvalue weighted by Crippen LogP contribution is 2.39. The van der Waals surface area contributed by atoms with Crippen LogP contribution in [0.4, 0.5) is 0 Å². The molecule has 0 N–H and O–H groups in total. The molecule has 6 aromatic rings. The molecule has 1 aliphatic rings. The number of fused-ring (bicyclic) bond motifs is 8. The largest absolute Gasteiger partial charge is 0.181 e. The van der Waals surface area contributed by atoms with Crippen LogP contribution in [-0.2, 0) is 0 Å². The molecule has 0 fully saturated rings. The summed E-state index contributed by atoms with van der Waals surface area (Å²) < 4.78 is 0. The molecule has 7 rings (SSSR count). The summed E-state index contributed by atoms with van der Waals surface area (Å²) in [6.45, 7) is 0. The first-order valence-electron chi connectivity index (χ1n) is 11.7. The van der Waals surface area contributed by atoms with Gasteiger partial charge < -0.3 is 0 Å². The fourth-order valence-electron chi connectivity index (χ4n) is 6.13. The maximum absolute atomic E-state index is 6.73. The Bertz CT molecular complexity index is 1670. The second kappa shape index (κ2) is 7.43. The van der Waals surface area contributed by atoms with Crippen LogP contribution in [0, 0.1) is 0 Å². The quantitative estimate of drug-likeness (QED) is 0.215. The standard InChI is InChI=1S/C32H21ClSi/c33-22-19-20-29-30(21-22)34(23-11-3-1-4-12-23,24-13-5-2-6-14-24)32-28-18-10-8-16-26(28)25-15-7-9-17-27(25)31(29)32/h1-21H. The summed E-state index contributed by atoms with van der Waals surface area (Å²) in [4.78, 5) is 0. The summed E-state index contributed by atoms with van der Waals surface area (Å²) in [6.07, 6.45) is 0. The van der Waals surface area contributed by atoms with E-state index in [2.05, 4.69) is 127 Å². The zero-order valence-electron chi connectivity index (χ0n) is 18.5. The van der Waals surface area contributed by atoms with Gasteiger partial charge in [-0.2, -0.15) is 0 Å². The topological polar surface area (TPSA) is 0 Å². The Balaban J connectivity index is 1.82. The van der Waals surface area contributed by atoms with Crippen molar-refractivity contribution in [2.24, 2.45) is 0 Å².